The van der Waals surface area contributed by atoms with E-state index in [4.69, 9.17) is 5.11 Å². The second-order valence-corrected chi connectivity index (χ2v) is 4.18. The van der Waals surface area contributed by atoms with Crippen molar-refractivity contribution in [2.24, 2.45) is 0 Å². The summed E-state index contributed by atoms with van der Waals surface area (Å²) in [7, 11) is 0. The molecule has 0 saturated heterocycles. The number of benzene rings is 1. The fraction of sp³-hybridized carbons (Fsp3) is 0.417. The summed E-state index contributed by atoms with van der Waals surface area (Å²) in [6.07, 6.45) is -8.67. The number of aryl methyl sites for hydroxylation is 1. The number of hydrogen-bond donors (Lipinski definition) is 3. The molecular weight excluding hydrogens is 265 g/mol. The van der Waals surface area contributed by atoms with Gasteiger partial charge in [0.1, 0.15) is 6.10 Å². The Kier molecular flexibility index (Phi) is 4.54. The van der Waals surface area contributed by atoms with Crippen molar-refractivity contribution in [3.05, 3.63) is 34.9 Å². The van der Waals surface area contributed by atoms with E-state index in [2.05, 4.69) is 0 Å². The molecule has 7 heteroatoms. The van der Waals surface area contributed by atoms with Crippen molar-refractivity contribution in [3.63, 3.8) is 0 Å². The van der Waals surface area contributed by atoms with Crippen LogP contribution in [-0.4, -0.2) is 27.4 Å². The minimum atomic E-state index is -4.57. The van der Waals surface area contributed by atoms with E-state index in [0.29, 0.717) is 6.07 Å². The Labute approximate surface area is 107 Å². The Hall–Kier alpha value is -1.60. The number of halogens is 3. The van der Waals surface area contributed by atoms with Crippen molar-refractivity contribution in [1.82, 2.24) is 0 Å². The smallest absolute Gasteiger partial charge is 0.416 e. The summed E-state index contributed by atoms with van der Waals surface area (Å²) in [5, 5.41) is 27.5. The van der Waals surface area contributed by atoms with Gasteiger partial charge in [0.15, 0.2) is 0 Å². The maximum absolute atomic E-state index is 12.7. The van der Waals surface area contributed by atoms with Crippen molar-refractivity contribution in [3.8, 4) is 0 Å². The molecule has 0 spiro atoms. The van der Waals surface area contributed by atoms with E-state index in [1.165, 1.54) is 13.0 Å². The van der Waals surface area contributed by atoms with Crippen LogP contribution in [-0.2, 0) is 11.0 Å². The van der Waals surface area contributed by atoms with Gasteiger partial charge in [-0.2, -0.15) is 13.2 Å². The van der Waals surface area contributed by atoms with Gasteiger partial charge in [-0.25, -0.2) is 0 Å². The molecule has 0 radical (unpaired) electrons. The summed E-state index contributed by atoms with van der Waals surface area (Å²) in [6, 6.07) is 3.10. The molecule has 0 bridgehead atoms. The Morgan fingerprint density at radius 2 is 1.89 bits per heavy atom. The fourth-order valence-electron chi connectivity index (χ4n) is 1.64. The number of alkyl halides is 3. The van der Waals surface area contributed by atoms with Crippen LogP contribution in [0.5, 0.6) is 0 Å². The van der Waals surface area contributed by atoms with Gasteiger partial charge >= 0.3 is 12.1 Å². The number of aliphatic hydroxyl groups excluding tert-OH is 2. The third-order valence-electron chi connectivity index (χ3n) is 2.66. The van der Waals surface area contributed by atoms with Gasteiger partial charge in [0.2, 0.25) is 0 Å². The van der Waals surface area contributed by atoms with E-state index in [-0.39, 0.29) is 11.1 Å². The molecule has 3 N–H and O–H groups in total. The van der Waals surface area contributed by atoms with Crippen LogP contribution >= 0.6 is 0 Å². The van der Waals surface area contributed by atoms with Gasteiger partial charge in [-0.3, -0.25) is 4.79 Å². The van der Waals surface area contributed by atoms with Crippen molar-refractivity contribution in [2.75, 3.05) is 0 Å². The molecule has 2 unspecified atom stereocenters. The molecule has 0 aromatic heterocycles. The molecule has 19 heavy (non-hydrogen) atoms. The minimum Gasteiger partial charge on any atom is -0.481 e. The largest absolute Gasteiger partial charge is 0.481 e. The predicted octanol–water partition coefficient (Wildman–Crippen LogP) is 1.88. The zero-order valence-corrected chi connectivity index (χ0v) is 9.98. The average molecular weight is 278 g/mol. The molecule has 1 aromatic rings. The van der Waals surface area contributed by atoms with Crippen LogP contribution in [0.1, 0.15) is 29.2 Å². The number of rotatable bonds is 4. The van der Waals surface area contributed by atoms with Crippen LogP contribution in [0.3, 0.4) is 0 Å². The Morgan fingerprint density at radius 3 is 2.37 bits per heavy atom. The normalized spacial score (nSPS) is 15.1. The van der Waals surface area contributed by atoms with Crippen molar-refractivity contribution in [1.29, 1.82) is 0 Å². The number of aliphatic carboxylic acids is 1. The first kappa shape index (κ1) is 15.5. The van der Waals surface area contributed by atoms with E-state index >= 15 is 0 Å². The molecule has 106 valence electrons. The molecule has 4 nitrogen and oxygen atoms in total. The maximum Gasteiger partial charge on any atom is 0.416 e. The van der Waals surface area contributed by atoms with Gasteiger partial charge < -0.3 is 15.3 Å². The molecule has 0 aliphatic heterocycles. The van der Waals surface area contributed by atoms with Crippen LogP contribution in [0.4, 0.5) is 13.2 Å². The SMILES string of the molecule is Cc1ccc(C(O)C(O)CC(=O)O)cc1C(F)(F)F. The van der Waals surface area contributed by atoms with E-state index in [9.17, 15) is 28.2 Å². The van der Waals surface area contributed by atoms with Crippen LogP contribution in [0.2, 0.25) is 0 Å². The molecule has 0 aliphatic rings. The second-order valence-electron chi connectivity index (χ2n) is 4.18. The maximum atomic E-state index is 12.7. The lowest BCUT2D eigenvalue weighted by Gasteiger charge is -2.19. The first-order valence-electron chi connectivity index (χ1n) is 5.38. The lowest BCUT2D eigenvalue weighted by molar-refractivity contribution is -0.141. The summed E-state index contributed by atoms with van der Waals surface area (Å²) in [5.41, 5.74) is -1.12. The number of carboxylic acid groups (broad SMARTS) is 1. The van der Waals surface area contributed by atoms with E-state index < -0.39 is 36.3 Å². The zero-order chi connectivity index (χ0) is 14.8. The second kappa shape index (κ2) is 5.58. The van der Waals surface area contributed by atoms with Gasteiger partial charge in [0.05, 0.1) is 18.1 Å². The molecule has 0 amide bonds. The molecule has 1 aromatic carbocycles. The van der Waals surface area contributed by atoms with Gasteiger partial charge in [0.25, 0.3) is 0 Å². The quantitative estimate of drug-likeness (QED) is 0.786. The highest BCUT2D eigenvalue weighted by atomic mass is 19.4. The lowest BCUT2D eigenvalue weighted by Crippen LogP contribution is -2.22. The van der Waals surface area contributed by atoms with Crippen LogP contribution < -0.4 is 0 Å². The summed E-state index contributed by atoms with van der Waals surface area (Å²) < 4.78 is 38.0. The van der Waals surface area contributed by atoms with Crippen LogP contribution in [0, 0.1) is 6.92 Å². The summed E-state index contributed by atoms with van der Waals surface area (Å²) in [4.78, 5) is 10.4. The summed E-state index contributed by atoms with van der Waals surface area (Å²) in [6.45, 7) is 1.27. The summed E-state index contributed by atoms with van der Waals surface area (Å²) in [5.74, 6) is -1.35. The highest BCUT2D eigenvalue weighted by Gasteiger charge is 2.33. The van der Waals surface area contributed by atoms with Crippen LogP contribution in [0.15, 0.2) is 18.2 Å². The zero-order valence-electron chi connectivity index (χ0n) is 9.98. The van der Waals surface area contributed by atoms with Gasteiger partial charge in [-0.1, -0.05) is 12.1 Å². The van der Waals surface area contributed by atoms with E-state index in [0.717, 1.165) is 6.07 Å². The Balaban J connectivity index is 3.05. The Morgan fingerprint density at radius 1 is 1.32 bits per heavy atom. The predicted molar refractivity (Wildman–Crippen MR) is 59.4 cm³/mol. The third-order valence-corrected chi connectivity index (χ3v) is 2.66. The first-order valence-corrected chi connectivity index (χ1v) is 5.38. The Bertz CT molecular complexity index is 471. The number of carbonyl (C=O) groups is 1. The fourth-order valence-corrected chi connectivity index (χ4v) is 1.64. The summed E-state index contributed by atoms with van der Waals surface area (Å²) >= 11 is 0. The molecule has 2 atom stereocenters. The molecule has 1 rings (SSSR count). The van der Waals surface area contributed by atoms with Crippen molar-refractivity contribution >= 4 is 5.97 Å². The van der Waals surface area contributed by atoms with Crippen molar-refractivity contribution in [2.45, 2.75) is 31.7 Å². The number of hydrogen-bond acceptors (Lipinski definition) is 3. The van der Waals surface area contributed by atoms with Gasteiger partial charge in [0, 0.05) is 0 Å². The van der Waals surface area contributed by atoms with Crippen molar-refractivity contribution < 1.29 is 33.3 Å². The molecule has 0 aliphatic carbocycles. The molecule has 0 heterocycles. The van der Waals surface area contributed by atoms with Gasteiger partial charge in [-0.05, 0) is 24.1 Å². The monoisotopic (exact) mass is 278 g/mol. The topological polar surface area (TPSA) is 77.8 Å². The third kappa shape index (κ3) is 3.93. The van der Waals surface area contributed by atoms with E-state index in [1.54, 1.807) is 0 Å². The molecule has 0 saturated carbocycles. The highest BCUT2D eigenvalue weighted by Crippen LogP contribution is 2.34. The minimum absolute atomic E-state index is 0.0174. The first-order chi connectivity index (χ1) is 8.62. The van der Waals surface area contributed by atoms with E-state index in [1.807, 2.05) is 0 Å². The molecular formula is C12H13F3O4. The number of carboxylic acids is 1. The van der Waals surface area contributed by atoms with Crippen LogP contribution in [0.25, 0.3) is 0 Å². The number of aliphatic hydroxyl groups is 2. The molecule has 0 fully saturated rings. The lowest BCUT2D eigenvalue weighted by atomic mass is 9.97. The van der Waals surface area contributed by atoms with Gasteiger partial charge in [-0.15, -0.1) is 0 Å². The highest BCUT2D eigenvalue weighted by molar-refractivity contribution is 5.67. The standard InChI is InChI=1S/C12H13F3O4/c1-6-2-3-7(4-8(6)12(13,14)15)11(19)9(16)5-10(17)18/h2-4,9,11,16,19H,5H2,1H3,(H,17,18). The average Bonchev–Trinajstić information content (AvgIpc) is 2.26.